The molecule has 0 aliphatic carbocycles. The Morgan fingerprint density at radius 2 is 1.19 bits per heavy atom. The number of rotatable bonds is 6. The molecule has 0 fully saturated rings. The highest BCUT2D eigenvalue weighted by molar-refractivity contribution is 6.26. The molecule has 43 heavy (non-hydrogen) atoms. The predicted octanol–water partition coefficient (Wildman–Crippen LogP) is 9.01. The van der Waals surface area contributed by atoms with Crippen LogP contribution in [0.2, 0.25) is 0 Å². The third-order valence-electron chi connectivity index (χ3n) is 6.66. The fourth-order valence-corrected chi connectivity index (χ4v) is 4.71. The molecule has 4 aromatic rings. The van der Waals surface area contributed by atoms with Gasteiger partial charge in [-0.25, -0.2) is 4.39 Å². The van der Waals surface area contributed by atoms with Gasteiger partial charge >= 0.3 is 12.4 Å². The van der Waals surface area contributed by atoms with Crippen LogP contribution in [0.25, 0.3) is 0 Å². The number of halogens is 8. The number of anilines is 2. The Morgan fingerprint density at radius 3 is 1.72 bits per heavy atom. The molecule has 224 valence electrons. The third kappa shape index (κ3) is 6.67. The highest BCUT2D eigenvalue weighted by Gasteiger charge is 2.56. The van der Waals surface area contributed by atoms with Crippen LogP contribution < -0.4 is 10.6 Å². The first-order valence-electron chi connectivity index (χ1n) is 12.5. The first kappa shape index (κ1) is 31.6. The highest BCUT2D eigenvalue weighted by Crippen LogP contribution is 2.51. The summed E-state index contributed by atoms with van der Waals surface area (Å²) in [4.78, 5) is 22.4. The molecule has 0 aliphatic heterocycles. The molecular weight excluding hydrogens is 601 g/mol. The monoisotopic (exact) mass is 622 g/mol. The van der Waals surface area contributed by atoms with Gasteiger partial charge in [0.15, 0.2) is 4.87 Å². The Kier molecular flexibility index (Phi) is 8.60. The second-order valence-electron chi connectivity index (χ2n) is 9.71. The molecule has 4 aromatic carbocycles. The molecule has 0 bridgehead atoms. The molecule has 2 amide bonds. The fraction of sp³-hybridized carbons (Fsp3) is 0.161. The van der Waals surface area contributed by atoms with E-state index in [1.54, 1.807) is 0 Å². The van der Waals surface area contributed by atoms with Gasteiger partial charge in [-0.15, -0.1) is 0 Å². The normalized spacial score (nSPS) is 13.3. The summed E-state index contributed by atoms with van der Waals surface area (Å²) in [5.74, 6) is -1.68. The Hall–Kier alpha value is -4.38. The summed E-state index contributed by atoms with van der Waals surface area (Å²) in [6.45, 7) is 2.90. The predicted molar refractivity (Wildman–Crippen MR) is 149 cm³/mol. The first-order valence-corrected chi connectivity index (χ1v) is 12.9. The molecule has 0 saturated heterocycles. The summed E-state index contributed by atoms with van der Waals surface area (Å²) in [7, 11) is 0. The molecule has 0 aliphatic rings. The van der Waals surface area contributed by atoms with Crippen molar-refractivity contribution in [3.63, 3.8) is 0 Å². The van der Waals surface area contributed by atoms with E-state index in [-0.39, 0.29) is 33.6 Å². The number of carbonyl (C=O) groups is 2. The summed E-state index contributed by atoms with van der Waals surface area (Å²) in [5.41, 5.74) is -0.982. The van der Waals surface area contributed by atoms with Crippen LogP contribution in [-0.4, -0.2) is 18.0 Å². The Bertz CT molecular complexity index is 1640. The summed E-state index contributed by atoms with van der Waals surface area (Å²) < 4.78 is 95.3. The minimum atomic E-state index is -5.10. The number of amides is 2. The molecule has 0 heterocycles. The zero-order valence-corrected chi connectivity index (χ0v) is 23.2. The molecule has 1 unspecified atom stereocenters. The maximum absolute atomic E-state index is 14.4. The van der Waals surface area contributed by atoms with Crippen molar-refractivity contribution >= 4 is 34.8 Å². The zero-order chi connectivity index (χ0) is 31.7. The van der Waals surface area contributed by atoms with E-state index in [9.17, 15) is 40.3 Å². The molecule has 1 atom stereocenters. The molecular formula is C31H22ClF7N2O2. The van der Waals surface area contributed by atoms with Gasteiger partial charge in [0.2, 0.25) is 0 Å². The van der Waals surface area contributed by atoms with E-state index < -0.39 is 51.5 Å². The lowest BCUT2D eigenvalue weighted by Gasteiger charge is -2.32. The maximum atomic E-state index is 14.4. The van der Waals surface area contributed by atoms with E-state index in [4.69, 9.17) is 11.6 Å². The number of nitrogens with one attached hydrogen (secondary N) is 2. The lowest BCUT2D eigenvalue weighted by molar-refractivity contribution is -0.154. The van der Waals surface area contributed by atoms with Crippen molar-refractivity contribution in [2.24, 2.45) is 0 Å². The fourth-order valence-electron chi connectivity index (χ4n) is 4.47. The standard InChI is InChI=1S/C31H22ClF7N2O2/c1-17-14-23(29(32,31(37,38)39)21-8-10-22(11-9-21)30(34,35)36)15-18(2)26(17)41-28(43)20-4-3-5-25(16-20)40-27(42)19-6-12-24(33)13-7-19/h3-16H,1-2H3,(H,40,42)(H,41,43). The van der Waals surface area contributed by atoms with Crippen LogP contribution in [0.1, 0.15) is 48.5 Å². The van der Waals surface area contributed by atoms with Crippen LogP contribution in [-0.2, 0) is 11.1 Å². The molecule has 4 rings (SSSR count). The van der Waals surface area contributed by atoms with E-state index >= 15 is 0 Å². The van der Waals surface area contributed by atoms with E-state index in [2.05, 4.69) is 10.6 Å². The second kappa shape index (κ2) is 11.7. The zero-order valence-electron chi connectivity index (χ0n) is 22.4. The van der Waals surface area contributed by atoms with Gasteiger partial charge < -0.3 is 10.6 Å². The number of aryl methyl sites for hydroxylation is 2. The van der Waals surface area contributed by atoms with Gasteiger partial charge in [0.1, 0.15) is 5.82 Å². The Labute approximate surface area is 246 Å². The Morgan fingerprint density at radius 1 is 0.651 bits per heavy atom. The van der Waals surface area contributed by atoms with Gasteiger partial charge in [0.25, 0.3) is 11.8 Å². The van der Waals surface area contributed by atoms with Crippen molar-refractivity contribution in [1.29, 1.82) is 0 Å². The maximum Gasteiger partial charge on any atom is 0.416 e. The van der Waals surface area contributed by atoms with Crippen LogP contribution in [0, 0.1) is 19.7 Å². The minimum absolute atomic E-state index is 0.117. The third-order valence-corrected chi connectivity index (χ3v) is 7.31. The second-order valence-corrected chi connectivity index (χ2v) is 10.3. The molecule has 0 radical (unpaired) electrons. The lowest BCUT2D eigenvalue weighted by Crippen LogP contribution is -2.38. The minimum Gasteiger partial charge on any atom is -0.322 e. The van der Waals surface area contributed by atoms with Gasteiger partial charge in [-0.3, -0.25) is 9.59 Å². The van der Waals surface area contributed by atoms with Crippen LogP contribution in [0.15, 0.2) is 84.9 Å². The summed E-state index contributed by atoms with van der Waals surface area (Å²) in [6, 6.07) is 15.4. The summed E-state index contributed by atoms with van der Waals surface area (Å²) in [6.07, 6.45) is -9.84. The highest BCUT2D eigenvalue weighted by atomic mass is 35.5. The number of carbonyl (C=O) groups excluding carboxylic acids is 2. The lowest BCUT2D eigenvalue weighted by atomic mass is 9.86. The van der Waals surface area contributed by atoms with E-state index in [0.29, 0.717) is 24.3 Å². The van der Waals surface area contributed by atoms with E-state index in [1.807, 2.05) is 0 Å². The Balaban J connectivity index is 1.60. The molecule has 0 aromatic heterocycles. The quantitative estimate of drug-likeness (QED) is 0.167. The molecule has 2 N–H and O–H groups in total. The van der Waals surface area contributed by atoms with Crippen LogP contribution >= 0.6 is 11.6 Å². The largest absolute Gasteiger partial charge is 0.416 e. The molecule has 4 nitrogen and oxygen atoms in total. The number of alkyl halides is 7. The van der Waals surface area contributed by atoms with E-state index in [1.165, 1.54) is 50.2 Å². The van der Waals surface area contributed by atoms with Crippen LogP contribution in [0.3, 0.4) is 0 Å². The van der Waals surface area contributed by atoms with Gasteiger partial charge in [-0.1, -0.05) is 41.9 Å². The average molecular weight is 623 g/mol. The number of benzene rings is 4. The first-order chi connectivity index (χ1) is 20.0. The van der Waals surface area contributed by atoms with Gasteiger partial charge in [0, 0.05) is 22.5 Å². The van der Waals surface area contributed by atoms with Gasteiger partial charge in [0.05, 0.1) is 5.56 Å². The smallest absolute Gasteiger partial charge is 0.322 e. The van der Waals surface area contributed by atoms with Crippen LogP contribution in [0.5, 0.6) is 0 Å². The SMILES string of the molecule is Cc1cc(C(Cl)(c2ccc(C(F)(F)F)cc2)C(F)(F)F)cc(C)c1NC(=O)c1cccc(NC(=O)c2ccc(F)cc2)c1. The van der Waals surface area contributed by atoms with Gasteiger partial charge in [-0.2, -0.15) is 26.3 Å². The van der Waals surface area contributed by atoms with Crippen molar-refractivity contribution < 1.29 is 40.3 Å². The van der Waals surface area contributed by atoms with E-state index in [0.717, 1.165) is 24.3 Å². The average Bonchev–Trinajstić information content (AvgIpc) is 2.93. The molecule has 0 saturated carbocycles. The number of hydrogen-bond donors (Lipinski definition) is 2. The molecule has 12 heteroatoms. The van der Waals surface area contributed by atoms with Crippen molar-refractivity contribution in [3.8, 4) is 0 Å². The van der Waals surface area contributed by atoms with Crippen molar-refractivity contribution in [2.75, 3.05) is 10.6 Å². The van der Waals surface area contributed by atoms with Crippen molar-refractivity contribution in [1.82, 2.24) is 0 Å². The van der Waals surface area contributed by atoms with Crippen LogP contribution in [0.4, 0.5) is 42.1 Å². The number of hydrogen-bond acceptors (Lipinski definition) is 2. The topological polar surface area (TPSA) is 58.2 Å². The summed E-state index contributed by atoms with van der Waals surface area (Å²) >= 11 is 6.19. The van der Waals surface area contributed by atoms with Gasteiger partial charge in [-0.05, 0) is 90.7 Å². The van der Waals surface area contributed by atoms with Crippen molar-refractivity contribution in [2.45, 2.75) is 31.1 Å². The molecule has 0 spiro atoms. The van der Waals surface area contributed by atoms with Crippen molar-refractivity contribution in [3.05, 3.63) is 130 Å². The summed E-state index contributed by atoms with van der Waals surface area (Å²) in [5, 5.41) is 5.25.